The maximum atomic E-state index is 13.2. The van der Waals surface area contributed by atoms with Crippen LogP contribution in [0.1, 0.15) is 39.5 Å². The van der Waals surface area contributed by atoms with Crippen molar-refractivity contribution in [3.63, 3.8) is 0 Å². The first-order valence-corrected chi connectivity index (χ1v) is 11.3. The lowest BCUT2D eigenvalue weighted by Crippen LogP contribution is -2.56. The smallest absolute Gasteiger partial charge is 0.255 e. The number of carbonyl (C=O) groups excluding carboxylic acids is 2. The lowest BCUT2D eigenvalue weighted by molar-refractivity contribution is -0.122. The van der Waals surface area contributed by atoms with Crippen LogP contribution >= 0.6 is 0 Å². The fraction of sp³-hybridized carbons (Fsp3) is 0.259. The van der Waals surface area contributed by atoms with Crippen LogP contribution in [-0.2, 0) is 4.79 Å². The van der Waals surface area contributed by atoms with Gasteiger partial charge in [-0.15, -0.1) is 0 Å². The summed E-state index contributed by atoms with van der Waals surface area (Å²) in [6.45, 7) is 1.52. The molecule has 172 valence electrons. The lowest BCUT2D eigenvalue weighted by Gasteiger charge is -2.45. The number of nitrogens with zero attached hydrogens (tertiary/aromatic N) is 4. The maximum absolute atomic E-state index is 13.2. The van der Waals surface area contributed by atoms with Gasteiger partial charge < -0.3 is 10.2 Å². The fourth-order valence-corrected chi connectivity index (χ4v) is 4.54. The van der Waals surface area contributed by atoms with Crippen molar-refractivity contribution in [3.05, 3.63) is 101 Å². The van der Waals surface area contributed by atoms with E-state index in [0.717, 1.165) is 11.1 Å². The summed E-state index contributed by atoms with van der Waals surface area (Å²) in [4.78, 5) is 33.8. The number of benzene rings is 2. The summed E-state index contributed by atoms with van der Waals surface area (Å²) >= 11 is 0. The van der Waals surface area contributed by atoms with Crippen LogP contribution in [0.4, 0.5) is 0 Å². The summed E-state index contributed by atoms with van der Waals surface area (Å²) in [6, 6.07) is 23.8. The molecule has 0 bridgehead atoms. The number of nitrogens with one attached hydrogen (secondary N) is 1. The summed E-state index contributed by atoms with van der Waals surface area (Å²) in [5, 5.41) is 11.9. The molecule has 0 spiro atoms. The molecule has 0 saturated carbocycles. The van der Waals surface area contributed by atoms with E-state index in [1.807, 2.05) is 42.5 Å². The van der Waals surface area contributed by atoms with Crippen LogP contribution in [0.2, 0.25) is 0 Å². The zero-order chi connectivity index (χ0) is 23.9. The van der Waals surface area contributed by atoms with Crippen molar-refractivity contribution in [2.75, 3.05) is 26.7 Å². The van der Waals surface area contributed by atoms with Gasteiger partial charge in [-0.1, -0.05) is 60.7 Å². The van der Waals surface area contributed by atoms with Crippen molar-refractivity contribution in [3.8, 4) is 6.07 Å². The molecule has 1 aromatic heterocycles. The minimum atomic E-state index is -0.185. The molecule has 34 heavy (non-hydrogen) atoms. The number of aromatic nitrogens is 1. The van der Waals surface area contributed by atoms with E-state index in [1.165, 1.54) is 12.4 Å². The molecule has 2 amide bonds. The predicted octanol–water partition coefficient (Wildman–Crippen LogP) is 3.01. The van der Waals surface area contributed by atoms with Gasteiger partial charge in [0.15, 0.2) is 0 Å². The van der Waals surface area contributed by atoms with Crippen LogP contribution in [0.15, 0.2) is 79.1 Å². The van der Waals surface area contributed by atoms with Crippen LogP contribution in [0.25, 0.3) is 0 Å². The molecule has 1 fully saturated rings. The third-order valence-corrected chi connectivity index (χ3v) is 6.19. The first kappa shape index (κ1) is 23.1. The van der Waals surface area contributed by atoms with E-state index in [0.29, 0.717) is 30.8 Å². The molecule has 0 radical (unpaired) electrons. The largest absolute Gasteiger partial charge is 0.359 e. The average molecular weight is 454 g/mol. The highest BCUT2D eigenvalue weighted by molar-refractivity contribution is 5.94. The van der Waals surface area contributed by atoms with Gasteiger partial charge in [0, 0.05) is 51.5 Å². The van der Waals surface area contributed by atoms with Crippen molar-refractivity contribution in [1.82, 2.24) is 20.1 Å². The molecule has 2 heterocycles. The highest BCUT2D eigenvalue weighted by atomic mass is 16.2. The molecule has 1 aliphatic rings. The van der Waals surface area contributed by atoms with Gasteiger partial charge in [-0.3, -0.25) is 19.5 Å². The quantitative estimate of drug-likeness (QED) is 0.620. The molecule has 7 nitrogen and oxygen atoms in total. The van der Waals surface area contributed by atoms with Crippen molar-refractivity contribution in [1.29, 1.82) is 5.26 Å². The number of hydrogen-bond acceptors (Lipinski definition) is 5. The lowest BCUT2D eigenvalue weighted by atomic mass is 9.93. The van der Waals surface area contributed by atoms with Crippen molar-refractivity contribution < 1.29 is 9.59 Å². The highest BCUT2D eigenvalue weighted by Crippen LogP contribution is 2.33. The van der Waals surface area contributed by atoms with Gasteiger partial charge in [-0.2, -0.15) is 5.26 Å². The van der Waals surface area contributed by atoms with Crippen LogP contribution < -0.4 is 5.32 Å². The predicted molar refractivity (Wildman–Crippen MR) is 129 cm³/mol. The number of piperazine rings is 1. The average Bonchev–Trinajstić information content (AvgIpc) is 2.90. The van der Waals surface area contributed by atoms with E-state index in [-0.39, 0.29) is 30.3 Å². The first-order chi connectivity index (χ1) is 16.6. The molecule has 1 saturated heterocycles. The van der Waals surface area contributed by atoms with Crippen LogP contribution in [0.3, 0.4) is 0 Å². The number of nitriles is 1. The summed E-state index contributed by atoms with van der Waals surface area (Å²) in [6.07, 6.45) is 3.19. The van der Waals surface area contributed by atoms with Crippen molar-refractivity contribution in [2.45, 2.75) is 18.5 Å². The summed E-state index contributed by atoms with van der Waals surface area (Å²) in [5.41, 5.74) is 3.01. The Morgan fingerprint density at radius 2 is 1.71 bits per heavy atom. The second-order valence-electron chi connectivity index (χ2n) is 8.32. The second kappa shape index (κ2) is 10.7. The molecule has 0 unspecified atom stereocenters. The number of hydrogen-bond donors (Lipinski definition) is 1. The molecular formula is C27H27N5O2. The Bertz CT molecular complexity index is 1140. The SMILES string of the molecule is CNC(=O)C[C@@H]1CN(C(=O)c2cncc(C#N)c2)CCN1C(c1ccccc1)c1ccccc1. The van der Waals surface area contributed by atoms with Gasteiger partial charge in [-0.25, -0.2) is 0 Å². The van der Waals surface area contributed by atoms with Crippen molar-refractivity contribution >= 4 is 11.8 Å². The molecule has 2 aromatic carbocycles. The second-order valence-corrected chi connectivity index (χ2v) is 8.32. The molecule has 1 N–H and O–H groups in total. The van der Waals surface area contributed by atoms with E-state index < -0.39 is 0 Å². The topological polar surface area (TPSA) is 89.3 Å². The van der Waals surface area contributed by atoms with Gasteiger partial charge in [0.1, 0.15) is 6.07 Å². The molecule has 7 heteroatoms. The third kappa shape index (κ3) is 5.13. The zero-order valence-electron chi connectivity index (χ0n) is 19.1. The minimum Gasteiger partial charge on any atom is -0.359 e. The Morgan fingerprint density at radius 1 is 1.06 bits per heavy atom. The first-order valence-electron chi connectivity index (χ1n) is 11.3. The van der Waals surface area contributed by atoms with E-state index in [2.05, 4.69) is 39.5 Å². The van der Waals surface area contributed by atoms with Gasteiger partial charge in [0.05, 0.1) is 17.2 Å². The van der Waals surface area contributed by atoms with Crippen LogP contribution in [0, 0.1) is 11.3 Å². The molecular weight excluding hydrogens is 426 g/mol. The third-order valence-electron chi connectivity index (χ3n) is 6.19. The van der Waals surface area contributed by atoms with Crippen LogP contribution in [-0.4, -0.2) is 59.3 Å². The highest BCUT2D eigenvalue weighted by Gasteiger charge is 2.36. The minimum absolute atomic E-state index is 0.0436. The van der Waals surface area contributed by atoms with E-state index in [9.17, 15) is 9.59 Å². The fourth-order valence-electron chi connectivity index (χ4n) is 4.54. The molecule has 4 rings (SSSR count). The van der Waals surface area contributed by atoms with Gasteiger partial charge in [-0.05, 0) is 17.2 Å². The van der Waals surface area contributed by atoms with Gasteiger partial charge in [0.25, 0.3) is 5.91 Å². The molecule has 0 aliphatic carbocycles. The van der Waals surface area contributed by atoms with E-state index in [4.69, 9.17) is 5.26 Å². The van der Waals surface area contributed by atoms with E-state index in [1.54, 1.807) is 18.0 Å². The zero-order valence-corrected chi connectivity index (χ0v) is 19.1. The molecule has 1 aliphatic heterocycles. The monoisotopic (exact) mass is 453 g/mol. The normalized spacial score (nSPS) is 16.1. The number of pyridine rings is 1. The van der Waals surface area contributed by atoms with Gasteiger partial charge >= 0.3 is 0 Å². The summed E-state index contributed by atoms with van der Waals surface area (Å²) in [7, 11) is 1.63. The Balaban J connectivity index is 1.66. The maximum Gasteiger partial charge on any atom is 0.255 e. The Kier molecular flexibility index (Phi) is 7.31. The summed E-state index contributed by atoms with van der Waals surface area (Å²) in [5.74, 6) is -0.251. The Morgan fingerprint density at radius 3 is 2.29 bits per heavy atom. The standard InChI is InChI=1S/C27H27N5O2/c1-29-25(33)15-24-19-31(27(34)23-14-20(16-28)17-30-18-23)12-13-32(24)26(21-8-4-2-5-9-21)22-10-6-3-7-11-22/h2-11,14,17-18,24,26H,12-13,15,19H2,1H3,(H,29,33)/t24-/m1/s1. The molecule has 3 aromatic rings. The van der Waals surface area contributed by atoms with E-state index >= 15 is 0 Å². The molecule has 1 atom stereocenters. The summed E-state index contributed by atoms with van der Waals surface area (Å²) < 4.78 is 0. The Hall–Kier alpha value is -4.02. The van der Waals surface area contributed by atoms with Crippen LogP contribution in [0.5, 0.6) is 0 Å². The van der Waals surface area contributed by atoms with Crippen molar-refractivity contribution in [2.24, 2.45) is 0 Å². The number of amides is 2. The number of rotatable bonds is 6. The van der Waals surface area contributed by atoms with Gasteiger partial charge in [0.2, 0.25) is 5.91 Å². The number of carbonyl (C=O) groups is 2. The Labute approximate surface area is 199 Å².